The number of nitrogens with one attached hydrogen (secondary N) is 1. The van der Waals surface area contributed by atoms with Crippen LogP contribution in [0.15, 0.2) is 30.7 Å². The number of pyridine rings is 1. The number of carbonyl (C=O) groups excluding carboxylic acids is 1. The maximum absolute atomic E-state index is 12.3. The van der Waals surface area contributed by atoms with Crippen molar-refractivity contribution in [2.75, 3.05) is 5.32 Å². The van der Waals surface area contributed by atoms with Crippen molar-refractivity contribution in [3.8, 4) is 0 Å². The van der Waals surface area contributed by atoms with Crippen LogP contribution in [-0.2, 0) is 6.61 Å². The molecular weight excluding hydrogens is 280 g/mol. The largest absolute Gasteiger partial charge is 0.392 e. The van der Waals surface area contributed by atoms with E-state index in [-0.39, 0.29) is 12.5 Å². The van der Waals surface area contributed by atoms with E-state index in [1.807, 2.05) is 0 Å². The van der Waals surface area contributed by atoms with Crippen LogP contribution in [0.5, 0.6) is 0 Å². The van der Waals surface area contributed by atoms with Gasteiger partial charge in [-0.25, -0.2) is 9.97 Å². The zero-order valence-corrected chi connectivity index (χ0v) is 12.2. The van der Waals surface area contributed by atoms with Crippen molar-refractivity contribution in [1.82, 2.24) is 15.0 Å². The zero-order chi connectivity index (χ0) is 15.4. The highest BCUT2D eigenvalue weighted by Crippen LogP contribution is 2.31. The highest BCUT2D eigenvalue weighted by atomic mass is 16.3. The number of aromatic nitrogens is 3. The summed E-state index contributed by atoms with van der Waals surface area (Å²) in [4.78, 5) is 25.0. The zero-order valence-electron chi connectivity index (χ0n) is 12.2. The monoisotopic (exact) mass is 298 g/mol. The predicted molar refractivity (Wildman–Crippen MR) is 81.4 cm³/mol. The minimum Gasteiger partial charge on any atom is -0.392 e. The van der Waals surface area contributed by atoms with Gasteiger partial charge in [-0.15, -0.1) is 0 Å². The molecule has 0 aromatic carbocycles. The number of rotatable bonds is 4. The molecule has 1 amide bonds. The van der Waals surface area contributed by atoms with Gasteiger partial charge in [0.2, 0.25) is 0 Å². The summed E-state index contributed by atoms with van der Waals surface area (Å²) in [6.07, 6.45) is 9.28. The highest BCUT2D eigenvalue weighted by molar-refractivity contribution is 6.03. The molecule has 0 spiro atoms. The number of nitrogens with zero attached hydrogens (tertiary/aromatic N) is 3. The van der Waals surface area contributed by atoms with Crippen LogP contribution in [-0.4, -0.2) is 26.0 Å². The number of anilines is 1. The summed E-state index contributed by atoms with van der Waals surface area (Å²) in [5.74, 6) is 0.794. The van der Waals surface area contributed by atoms with Gasteiger partial charge in [0.05, 0.1) is 18.5 Å². The molecule has 0 bridgehead atoms. The van der Waals surface area contributed by atoms with Crippen LogP contribution in [0.25, 0.3) is 0 Å². The van der Waals surface area contributed by atoms with Crippen molar-refractivity contribution in [3.05, 3.63) is 47.8 Å². The third kappa shape index (κ3) is 3.12. The number of aliphatic hydroxyl groups excluding tert-OH is 1. The second-order valence-electron chi connectivity index (χ2n) is 5.43. The Morgan fingerprint density at radius 3 is 2.86 bits per heavy atom. The summed E-state index contributed by atoms with van der Waals surface area (Å²) < 4.78 is 0. The minimum absolute atomic E-state index is 0.158. The van der Waals surface area contributed by atoms with Gasteiger partial charge in [-0.1, -0.05) is 12.8 Å². The molecule has 1 aliphatic carbocycles. The molecule has 2 N–H and O–H groups in total. The molecule has 0 radical (unpaired) electrons. The van der Waals surface area contributed by atoms with Gasteiger partial charge in [0, 0.05) is 23.9 Å². The third-order valence-electron chi connectivity index (χ3n) is 3.96. The Balaban J connectivity index is 1.78. The number of amides is 1. The van der Waals surface area contributed by atoms with E-state index >= 15 is 0 Å². The number of hydrogen-bond acceptors (Lipinski definition) is 5. The second-order valence-corrected chi connectivity index (χ2v) is 5.43. The van der Waals surface area contributed by atoms with E-state index < -0.39 is 0 Å². The maximum Gasteiger partial charge on any atom is 0.274 e. The Bertz CT molecular complexity index is 669. The van der Waals surface area contributed by atoms with Crippen LogP contribution >= 0.6 is 0 Å². The molecule has 0 saturated heterocycles. The van der Waals surface area contributed by atoms with Gasteiger partial charge < -0.3 is 10.4 Å². The van der Waals surface area contributed by atoms with Crippen molar-refractivity contribution < 1.29 is 9.90 Å². The lowest BCUT2D eigenvalue weighted by Gasteiger charge is -2.10. The summed E-state index contributed by atoms with van der Waals surface area (Å²) in [5.41, 5.74) is 1.45. The summed E-state index contributed by atoms with van der Waals surface area (Å²) in [6.45, 7) is -0.158. The Morgan fingerprint density at radius 2 is 2.09 bits per heavy atom. The van der Waals surface area contributed by atoms with Gasteiger partial charge >= 0.3 is 0 Å². The summed E-state index contributed by atoms with van der Waals surface area (Å²) in [7, 11) is 0. The lowest BCUT2D eigenvalue weighted by atomic mass is 10.1. The molecule has 6 nitrogen and oxygen atoms in total. The van der Waals surface area contributed by atoms with Crippen molar-refractivity contribution >= 4 is 11.6 Å². The van der Waals surface area contributed by atoms with Crippen LogP contribution in [0, 0.1) is 0 Å². The van der Waals surface area contributed by atoms with Gasteiger partial charge in [-0.05, 0) is 25.0 Å². The average molecular weight is 298 g/mol. The molecular formula is C16H18N4O2. The Kier molecular flexibility index (Phi) is 4.39. The summed E-state index contributed by atoms with van der Waals surface area (Å²) in [5, 5.41) is 12.0. The topological polar surface area (TPSA) is 88.0 Å². The smallest absolute Gasteiger partial charge is 0.274 e. The Hall–Kier alpha value is -2.34. The summed E-state index contributed by atoms with van der Waals surface area (Å²) >= 11 is 0. The molecule has 1 saturated carbocycles. The number of aliphatic hydroxyl groups is 1. The summed E-state index contributed by atoms with van der Waals surface area (Å²) in [6, 6.07) is 3.27. The lowest BCUT2D eigenvalue weighted by Crippen LogP contribution is -2.17. The van der Waals surface area contributed by atoms with Crippen LogP contribution < -0.4 is 5.32 Å². The highest BCUT2D eigenvalue weighted by Gasteiger charge is 2.21. The van der Waals surface area contributed by atoms with Crippen LogP contribution in [0.2, 0.25) is 0 Å². The van der Waals surface area contributed by atoms with Crippen molar-refractivity contribution in [3.63, 3.8) is 0 Å². The van der Waals surface area contributed by atoms with Gasteiger partial charge in [-0.3, -0.25) is 9.78 Å². The SMILES string of the molecule is O=C(Nc1cnccc1CO)c1ccnc(C2CCCC2)n1. The predicted octanol–water partition coefficient (Wildman–Crippen LogP) is 2.27. The standard InChI is InChI=1S/C16H18N4O2/c21-10-12-5-7-17-9-14(12)20-16(22)13-6-8-18-15(19-13)11-3-1-2-4-11/h5-9,11,21H,1-4,10H2,(H,20,22). The second kappa shape index (κ2) is 6.62. The van der Waals surface area contributed by atoms with E-state index in [0.717, 1.165) is 18.7 Å². The first-order valence-electron chi connectivity index (χ1n) is 7.46. The van der Waals surface area contributed by atoms with E-state index in [2.05, 4.69) is 20.3 Å². The lowest BCUT2D eigenvalue weighted by molar-refractivity contribution is 0.102. The molecule has 6 heteroatoms. The first kappa shape index (κ1) is 14.6. The normalized spacial score (nSPS) is 15.0. The fraction of sp³-hybridized carbons (Fsp3) is 0.375. The average Bonchev–Trinajstić information content (AvgIpc) is 3.10. The van der Waals surface area contributed by atoms with Gasteiger partial charge in [0.1, 0.15) is 11.5 Å². The van der Waals surface area contributed by atoms with Gasteiger partial charge in [0.25, 0.3) is 5.91 Å². The van der Waals surface area contributed by atoms with Gasteiger partial charge in [-0.2, -0.15) is 0 Å². The molecule has 2 heterocycles. The molecule has 2 aromatic heterocycles. The first-order chi connectivity index (χ1) is 10.8. The molecule has 3 rings (SSSR count). The van der Waals surface area contributed by atoms with Crippen LogP contribution in [0.3, 0.4) is 0 Å². The quantitative estimate of drug-likeness (QED) is 0.904. The number of carbonyl (C=O) groups is 1. The molecule has 2 aromatic rings. The van der Waals surface area contributed by atoms with E-state index in [0.29, 0.717) is 22.9 Å². The molecule has 0 atom stereocenters. The van der Waals surface area contributed by atoms with Crippen molar-refractivity contribution in [2.45, 2.75) is 38.2 Å². The molecule has 0 aliphatic heterocycles. The number of hydrogen-bond donors (Lipinski definition) is 2. The molecule has 22 heavy (non-hydrogen) atoms. The molecule has 114 valence electrons. The fourth-order valence-electron chi connectivity index (χ4n) is 2.74. The van der Waals surface area contributed by atoms with E-state index in [1.165, 1.54) is 19.0 Å². The van der Waals surface area contributed by atoms with E-state index in [9.17, 15) is 9.90 Å². The van der Waals surface area contributed by atoms with Crippen molar-refractivity contribution in [1.29, 1.82) is 0 Å². The Morgan fingerprint density at radius 1 is 1.27 bits per heavy atom. The molecule has 1 fully saturated rings. The molecule has 0 unspecified atom stereocenters. The third-order valence-corrected chi connectivity index (χ3v) is 3.96. The van der Waals surface area contributed by atoms with E-state index in [1.54, 1.807) is 24.5 Å². The van der Waals surface area contributed by atoms with Crippen LogP contribution in [0.1, 0.15) is 53.5 Å². The molecule has 1 aliphatic rings. The van der Waals surface area contributed by atoms with Crippen LogP contribution in [0.4, 0.5) is 5.69 Å². The minimum atomic E-state index is -0.315. The van der Waals surface area contributed by atoms with Gasteiger partial charge in [0.15, 0.2) is 0 Å². The fourth-order valence-corrected chi connectivity index (χ4v) is 2.74. The maximum atomic E-state index is 12.3. The first-order valence-corrected chi connectivity index (χ1v) is 7.46. The Labute approximate surface area is 128 Å². The van der Waals surface area contributed by atoms with E-state index in [4.69, 9.17) is 0 Å². The van der Waals surface area contributed by atoms with Crippen molar-refractivity contribution in [2.24, 2.45) is 0 Å².